The van der Waals surface area contributed by atoms with Gasteiger partial charge in [0.05, 0.1) is 10.6 Å². The van der Waals surface area contributed by atoms with Crippen LogP contribution in [-0.2, 0) is 0 Å². The van der Waals surface area contributed by atoms with Crippen LogP contribution >= 0.6 is 23.2 Å². The van der Waals surface area contributed by atoms with E-state index >= 15 is 0 Å². The van der Waals surface area contributed by atoms with E-state index in [1.807, 2.05) is 4.90 Å². The lowest BCUT2D eigenvalue weighted by molar-refractivity contribution is 0.0760. The van der Waals surface area contributed by atoms with Gasteiger partial charge >= 0.3 is 0 Å². The topological polar surface area (TPSA) is 33.2 Å². The van der Waals surface area contributed by atoms with Gasteiger partial charge in [-0.3, -0.25) is 4.79 Å². The van der Waals surface area contributed by atoms with Crippen LogP contribution in [0.25, 0.3) is 0 Å². The van der Waals surface area contributed by atoms with Crippen molar-refractivity contribution in [2.45, 2.75) is 39.0 Å². The zero-order valence-electron chi connectivity index (χ0n) is 11.7. The first-order chi connectivity index (χ1) is 9.61. The number of rotatable bonds is 3. The van der Waals surface area contributed by atoms with Crippen molar-refractivity contribution in [2.75, 3.05) is 13.1 Å². The zero-order valence-corrected chi connectivity index (χ0v) is 13.3. The number of hydrogen-bond acceptors (Lipinski definition) is 2. The Bertz CT molecular complexity index is 479. The predicted molar refractivity (Wildman–Crippen MR) is 82.4 cm³/mol. The van der Waals surface area contributed by atoms with Crippen LogP contribution in [0.15, 0.2) is 12.3 Å². The molecule has 1 fully saturated rings. The quantitative estimate of drug-likeness (QED) is 0.773. The van der Waals surface area contributed by atoms with E-state index in [2.05, 4.69) is 11.9 Å². The number of likely N-dealkylation sites (tertiary alicyclic amines) is 1. The van der Waals surface area contributed by atoms with Crippen molar-refractivity contribution in [3.05, 3.63) is 28.0 Å². The van der Waals surface area contributed by atoms with Crippen LogP contribution in [0.5, 0.6) is 0 Å². The fourth-order valence-electron chi connectivity index (χ4n) is 2.81. The molecule has 0 N–H and O–H groups in total. The summed E-state index contributed by atoms with van der Waals surface area (Å²) in [6.07, 6.45) is 7.26. The van der Waals surface area contributed by atoms with E-state index in [-0.39, 0.29) is 5.91 Å². The average molecular weight is 315 g/mol. The average Bonchev–Trinajstić information content (AvgIpc) is 2.67. The van der Waals surface area contributed by atoms with Crippen molar-refractivity contribution in [2.24, 2.45) is 5.92 Å². The van der Waals surface area contributed by atoms with Crippen LogP contribution in [0.4, 0.5) is 0 Å². The highest BCUT2D eigenvalue weighted by molar-refractivity contribution is 6.35. The summed E-state index contributed by atoms with van der Waals surface area (Å²) in [7, 11) is 0. The van der Waals surface area contributed by atoms with Crippen LogP contribution in [-0.4, -0.2) is 28.9 Å². The number of pyridine rings is 1. The van der Waals surface area contributed by atoms with Crippen LogP contribution in [0.2, 0.25) is 10.2 Å². The van der Waals surface area contributed by atoms with Gasteiger partial charge in [0.25, 0.3) is 5.91 Å². The minimum absolute atomic E-state index is 0.0311. The van der Waals surface area contributed by atoms with Crippen LogP contribution in [0.3, 0.4) is 0 Å². The molecule has 0 aromatic carbocycles. The summed E-state index contributed by atoms with van der Waals surface area (Å²) in [5, 5.41) is 0.671. The highest BCUT2D eigenvalue weighted by Gasteiger charge is 2.23. The molecule has 5 heteroatoms. The van der Waals surface area contributed by atoms with E-state index in [4.69, 9.17) is 23.2 Å². The summed E-state index contributed by atoms with van der Waals surface area (Å²) in [5.41, 5.74) is 0.459. The molecule has 1 aromatic rings. The highest BCUT2D eigenvalue weighted by atomic mass is 35.5. The third-order valence-electron chi connectivity index (χ3n) is 3.88. The molecule has 2 rings (SSSR count). The normalized spacial score (nSPS) is 19.8. The molecule has 1 atom stereocenters. The molecular weight excluding hydrogens is 295 g/mol. The van der Waals surface area contributed by atoms with Gasteiger partial charge in [0.2, 0.25) is 0 Å². The molecule has 110 valence electrons. The second-order valence-corrected chi connectivity index (χ2v) is 6.16. The molecule has 1 aliphatic heterocycles. The molecular formula is C15H20Cl2N2O. The van der Waals surface area contributed by atoms with Gasteiger partial charge in [-0.2, -0.15) is 0 Å². The maximum absolute atomic E-state index is 12.5. The van der Waals surface area contributed by atoms with E-state index in [0.29, 0.717) is 15.7 Å². The molecule has 1 aromatic heterocycles. The van der Waals surface area contributed by atoms with Gasteiger partial charge in [-0.05, 0) is 31.2 Å². The first kappa shape index (κ1) is 15.6. The van der Waals surface area contributed by atoms with E-state index in [9.17, 15) is 4.79 Å². The van der Waals surface area contributed by atoms with Gasteiger partial charge < -0.3 is 4.90 Å². The molecule has 1 aliphatic rings. The second kappa shape index (κ2) is 7.28. The summed E-state index contributed by atoms with van der Waals surface area (Å²) >= 11 is 11.9. The first-order valence-electron chi connectivity index (χ1n) is 7.22. The standard InChI is InChI=1S/C15H20Cl2N2O/c1-2-4-11-5-3-7-19(8-6-11)15(20)12-9-14(17)18-10-13(12)16/h9-11H,2-8H2,1H3. The monoisotopic (exact) mass is 314 g/mol. The predicted octanol–water partition coefficient (Wildman–Crippen LogP) is 4.43. The fraction of sp³-hybridized carbons (Fsp3) is 0.600. The maximum Gasteiger partial charge on any atom is 0.255 e. The van der Waals surface area contributed by atoms with E-state index < -0.39 is 0 Å². The summed E-state index contributed by atoms with van der Waals surface area (Å²) < 4.78 is 0. The summed E-state index contributed by atoms with van der Waals surface area (Å²) in [6, 6.07) is 1.56. The molecule has 1 amide bonds. The minimum atomic E-state index is -0.0311. The molecule has 0 spiro atoms. The van der Waals surface area contributed by atoms with E-state index in [0.717, 1.165) is 31.8 Å². The number of halogens is 2. The van der Waals surface area contributed by atoms with Gasteiger partial charge in [-0.15, -0.1) is 0 Å². The first-order valence-corrected chi connectivity index (χ1v) is 7.97. The Morgan fingerprint density at radius 2 is 2.20 bits per heavy atom. The smallest absolute Gasteiger partial charge is 0.255 e. The maximum atomic E-state index is 12.5. The molecule has 1 saturated heterocycles. The molecule has 0 bridgehead atoms. The van der Waals surface area contributed by atoms with E-state index in [1.54, 1.807) is 6.07 Å². The van der Waals surface area contributed by atoms with Crippen molar-refractivity contribution < 1.29 is 4.79 Å². The number of hydrogen-bond donors (Lipinski definition) is 0. The fourth-order valence-corrected chi connectivity index (χ4v) is 3.15. The van der Waals surface area contributed by atoms with Crippen LogP contribution in [0, 0.1) is 5.92 Å². The van der Waals surface area contributed by atoms with Crippen LogP contribution in [0.1, 0.15) is 49.4 Å². The Balaban J connectivity index is 2.07. The zero-order chi connectivity index (χ0) is 14.5. The van der Waals surface area contributed by atoms with Crippen LogP contribution < -0.4 is 0 Å². The Morgan fingerprint density at radius 3 is 2.95 bits per heavy atom. The lowest BCUT2D eigenvalue weighted by atomic mass is 9.96. The molecule has 20 heavy (non-hydrogen) atoms. The van der Waals surface area contributed by atoms with Crippen molar-refractivity contribution >= 4 is 29.1 Å². The minimum Gasteiger partial charge on any atom is -0.339 e. The molecule has 0 aliphatic carbocycles. The number of nitrogens with zero attached hydrogens (tertiary/aromatic N) is 2. The van der Waals surface area contributed by atoms with Crippen molar-refractivity contribution in [1.82, 2.24) is 9.88 Å². The van der Waals surface area contributed by atoms with Crippen molar-refractivity contribution in [3.63, 3.8) is 0 Å². The van der Waals surface area contributed by atoms with Gasteiger partial charge in [-0.1, -0.05) is 43.0 Å². The Kier molecular flexibility index (Phi) is 5.67. The van der Waals surface area contributed by atoms with Gasteiger partial charge in [0.1, 0.15) is 5.15 Å². The Hall–Kier alpha value is -0.800. The second-order valence-electron chi connectivity index (χ2n) is 5.36. The molecule has 2 heterocycles. The van der Waals surface area contributed by atoms with E-state index in [1.165, 1.54) is 25.5 Å². The summed E-state index contributed by atoms with van der Waals surface area (Å²) in [6.45, 7) is 3.82. The molecule has 0 radical (unpaired) electrons. The van der Waals surface area contributed by atoms with Gasteiger partial charge in [0.15, 0.2) is 0 Å². The summed E-state index contributed by atoms with van der Waals surface area (Å²) in [5.74, 6) is 0.714. The molecule has 1 unspecified atom stereocenters. The SMILES string of the molecule is CCCC1CCCN(C(=O)c2cc(Cl)ncc2Cl)CC1. The third-order valence-corrected chi connectivity index (χ3v) is 4.39. The largest absolute Gasteiger partial charge is 0.339 e. The van der Waals surface area contributed by atoms with Crippen molar-refractivity contribution in [3.8, 4) is 0 Å². The highest BCUT2D eigenvalue weighted by Crippen LogP contribution is 2.25. The number of carbonyl (C=O) groups is 1. The molecule has 0 saturated carbocycles. The lowest BCUT2D eigenvalue weighted by Gasteiger charge is -2.21. The number of amides is 1. The summed E-state index contributed by atoms with van der Waals surface area (Å²) in [4.78, 5) is 18.3. The Labute approximate surface area is 130 Å². The lowest BCUT2D eigenvalue weighted by Crippen LogP contribution is -2.32. The number of carbonyl (C=O) groups excluding carboxylic acids is 1. The Morgan fingerprint density at radius 1 is 1.40 bits per heavy atom. The molecule has 3 nitrogen and oxygen atoms in total. The third kappa shape index (κ3) is 3.86. The van der Waals surface area contributed by atoms with Gasteiger partial charge in [0, 0.05) is 19.3 Å². The van der Waals surface area contributed by atoms with Crippen molar-refractivity contribution in [1.29, 1.82) is 0 Å². The van der Waals surface area contributed by atoms with Gasteiger partial charge in [-0.25, -0.2) is 4.98 Å². The number of aromatic nitrogens is 1.